The van der Waals surface area contributed by atoms with Gasteiger partial charge in [0.15, 0.2) is 5.96 Å². The molecule has 7 nitrogen and oxygen atoms in total. The van der Waals surface area contributed by atoms with Crippen LogP contribution in [-0.4, -0.2) is 58.5 Å². The van der Waals surface area contributed by atoms with E-state index in [0.717, 1.165) is 25.5 Å². The highest BCUT2D eigenvalue weighted by Gasteiger charge is 2.12. The van der Waals surface area contributed by atoms with Crippen molar-refractivity contribution < 1.29 is 8.42 Å². The largest absolute Gasteiger partial charge is 0.355 e. The highest BCUT2D eigenvalue weighted by Crippen LogP contribution is 1.97. The summed E-state index contributed by atoms with van der Waals surface area (Å²) in [6.45, 7) is 6.21. The second-order valence-electron chi connectivity index (χ2n) is 4.58. The number of nitrogens with one attached hydrogen (secondary N) is 3. The summed E-state index contributed by atoms with van der Waals surface area (Å²) in [6.07, 6.45) is 1.06. The van der Waals surface area contributed by atoms with Crippen LogP contribution < -0.4 is 14.8 Å². The zero-order chi connectivity index (χ0) is 13.6. The zero-order valence-corrected chi connectivity index (χ0v) is 12.0. The van der Waals surface area contributed by atoms with E-state index in [1.165, 1.54) is 0 Å². The normalized spacial score (nSPS) is 16.9. The fourth-order valence-electron chi connectivity index (χ4n) is 1.62. The van der Waals surface area contributed by atoms with Gasteiger partial charge in [0.2, 0.25) is 0 Å². The molecule has 1 heterocycles. The van der Waals surface area contributed by atoms with Crippen molar-refractivity contribution in [3.8, 4) is 0 Å². The van der Waals surface area contributed by atoms with E-state index in [1.54, 1.807) is 13.8 Å². The summed E-state index contributed by atoms with van der Waals surface area (Å²) in [4.78, 5) is 6.36. The lowest BCUT2D eigenvalue weighted by atomic mass is 10.3. The van der Waals surface area contributed by atoms with Crippen LogP contribution in [0.25, 0.3) is 0 Å². The molecule has 0 aromatic carbocycles. The summed E-state index contributed by atoms with van der Waals surface area (Å²) in [7, 11) is -1.42. The molecule has 0 radical (unpaired) electrons. The molecule has 0 aromatic rings. The Morgan fingerprint density at radius 2 is 2.11 bits per heavy atom. The van der Waals surface area contributed by atoms with Gasteiger partial charge in [-0.1, -0.05) is 0 Å². The van der Waals surface area contributed by atoms with Gasteiger partial charge in [-0.3, -0.25) is 4.99 Å². The van der Waals surface area contributed by atoms with Crippen LogP contribution in [0.3, 0.4) is 0 Å². The Bertz CT molecular complexity index is 380. The number of rotatable bonds is 6. The fourth-order valence-corrected chi connectivity index (χ4v) is 2.70. The van der Waals surface area contributed by atoms with E-state index in [-0.39, 0.29) is 6.04 Å². The molecular formula is C10H23N5O2S. The summed E-state index contributed by atoms with van der Waals surface area (Å²) >= 11 is 0. The average molecular weight is 277 g/mol. The second kappa shape index (κ2) is 6.91. The van der Waals surface area contributed by atoms with Crippen LogP contribution in [0.15, 0.2) is 4.99 Å². The smallest absolute Gasteiger partial charge is 0.277 e. The summed E-state index contributed by atoms with van der Waals surface area (Å²) in [5.74, 6) is 0.831. The van der Waals surface area contributed by atoms with Crippen molar-refractivity contribution in [2.45, 2.75) is 26.3 Å². The third-order valence-electron chi connectivity index (χ3n) is 2.37. The lowest BCUT2D eigenvalue weighted by Crippen LogP contribution is -2.46. The van der Waals surface area contributed by atoms with Crippen LogP contribution in [0, 0.1) is 0 Å². The van der Waals surface area contributed by atoms with Gasteiger partial charge in [0.1, 0.15) is 0 Å². The van der Waals surface area contributed by atoms with Gasteiger partial charge in [0.05, 0.1) is 0 Å². The van der Waals surface area contributed by atoms with Gasteiger partial charge in [0, 0.05) is 39.3 Å². The molecule has 1 aliphatic rings. The predicted octanol–water partition coefficient (Wildman–Crippen LogP) is -0.900. The third-order valence-corrected chi connectivity index (χ3v) is 3.73. The quantitative estimate of drug-likeness (QED) is 0.549. The van der Waals surface area contributed by atoms with Gasteiger partial charge in [-0.15, -0.1) is 0 Å². The molecule has 0 spiro atoms. The van der Waals surface area contributed by atoms with Crippen molar-refractivity contribution in [2.75, 3.05) is 33.2 Å². The van der Waals surface area contributed by atoms with Crippen molar-refractivity contribution in [2.24, 2.45) is 4.99 Å². The molecule has 0 amide bonds. The van der Waals surface area contributed by atoms with Gasteiger partial charge in [-0.05, 0) is 20.3 Å². The fraction of sp³-hybridized carbons (Fsp3) is 0.900. The van der Waals surface area contributed by atoms with Gasteiger partial charge in [0.25, 0.3) is 10.2 Å². The Kier molecular flexibility index (Phi) is 5.83. The Labute approximate surface area is 109 Å². The predicted molar refractivity (Wildman–Crippen MR) is 72.7 cm³/mol. The minimum atomic E-state index is -3.39. The molecule has 0 bridgehead atoms. The van der Waals surface area contributed by atoms with E-state index < -0.39 is 10.2 Å². The number of hydrogen-bond donors (Lipinski definition) is 3. The van der Waals surface area contributed by atoms with E-state index in [2.05, 4.69) is 19.8 Å². The number of aliphatic imine (C=N–C) groups is 1. The maximum atomic E-state index is 11.5. The third kappa shape index (κ3) is 5.65. The van der Waals surface area contributed by atoms with Crippen molar-refractivity contribution in [3.05, 3.63) is 0 Å². The standard InChI is InChI=1S/C10H23N5O2S/c1-9(2)14-18(16,17)13-7-6-12-10-11-5-4-8-15(10)3/h9,13-14H,4-8H2,1-3H3,(H,11,12). The summed E-state index contributed by atoms with van der Waals surface area (Å²) in [5.41, 5.74) is 0. The maximum absolute atomic E-state index is 11.5. The van der Waals surface area contributed by atoms with E-state index in [4.69, 9.17) is 0 Å². The molecule has 0 fully saturated rings. The summed E-state index contributed by atoms with van der Waals surface area (Å²) in [5, 5.41) is 3.12. The highest BCUT2D eigenvalue weighted by atomic mass is 32.2. The van der Waals surface area contributed by atoms with Crippen LogP contribution in [0.4, 0.5) is 0 Å². The van der Waals surface area contributed by atoms with E-state index >= 15 is 0 Å². The molecule has 0 saturated heterocycles. The first-order valence-corrected chi connectivity index (χ1v) is 7.65. The van der Waals surface area contributed by atoms with Crippen LogP contribution in [0.1, 0.15) is 20.3 Å². The Morgan fingerprint density at radius 1 is 1.39 bits per heavy atom. The first-order valence-electron chi connectivity index (χ1n) is 6.17. The molecule has 0 atom stereocenters. The molecule has 0 aromatic heterocycles. The van der Waals surface area contributed by atoms with Crippen molar-refractivity contribution >= 4 is 16.2 Å². The highest BCUT2D eigenvalue weighted by molar-refractivity contribution is 7.87. The first-order chi connectivity index (χ1) is 8.41. The maximum Gasteiger partial charge on any atom is 0.277 e. The van der Waals surface area contributed by atoms with Crippen LogP contribution in [0.5, 0.6) is 0 Å². The van der Waals surface area contributed by atoms with Gasteiger partial charge in [-0.2, -0.15) is 13.1 Å². The molecule has 106 valence electrons. The van der Waals surface area contributed by atoms with Crippen LogP contribution in [-0.2, 0) is 10.2 Å². The molecule has 18 heavy (non-hydrogen) atoms. The molecule has 1 aliphatic heterocycles. The summed E-state index contributed by atoms with van der Waals surface area (Å²) < 4.78 is 27.9. The number of guanidine groups is 1. The lowest BCUT2D eigenvalue weighted by molar-refractivity contribution is 0.446. The van der Waals surface area contributed by atoms with Crippen LogP contribution >= 0.6 is 0 Å². The van der Waals surface area contributed by atoms with Gasteiger partial charge >= 0.3 is 0 Å². The topological polar surface area (TPSA) is 85.8 Å². The van der Waals surface area contributed by atoms with Crippen LogP contribution in [0.2, 0.25) is 0 Å². The van der Waals surface area contributed by atoms with Crippen molar-refractivity contribution in [3.63, 3.8) is 0 Å². The monoisotopic (exact) mass is 277 g/mol. The minimum absolute atomic E-state index is 0.107. The minimum Gasteiger partial charge on any atom is -0.355 e. The number of hydrogen-bond acceptors (Lipinski definition) is 5. The average Bonchev–Trinajstić information content (AvgIpc) is 2.25. The Hall–Kier alpha value is -0.860. The zero-order valence-electron chi connectivity index (χ0n) is 11.2. The first kappa shape index (κ1) is 15.2. The Morgan fingerprint density at radius 3 is 2.72 bits per heavy atom. The van der Waals surface area contributed by atoms with Gasteiger partial charge in [-0.25, -0.2) is 4.72 Å². The van der Waals surface area contributed by atoms with Gasteiger partial charge < -0.3 is 10.2 Å². The molecule has 0 aliphatic carbocycles. The van der Waals surface area contributed by atoms with E-state index in [1.807, 2.05) is 11.9 Å². The summed E-state index contributed by atoms with van der Waals surface area (Å²) in [6, 6.07) is -0.107. The molecule has 8 heteroatoms. The molecular weight excluding hydrogens is 254 g/mol. The number of nitrogens with zero attached hydrogens (tertiary/aromatic N) is 2. The van der Waals surface area contributed by atoms with Crippen molar-refractivity contribution in [1.82, 2.24) is 19.7 Å². The molecule has 3 N–H and O–H groups in total. The molecule has 1 rings (SSSR count). The SMILES string of the molecule is CC(C)NS(=O)(=O)NCCNC1=NCCCN1C. The van der Waals surface area contributed by atoms with E-state index in [9.17, 15) is 8.42 Å². The Balaban J connectivity index is 2.24. The van der Waals surface area contributed by atoms with Crippen molar-refractivity contribution in [1.29, 1.82) is 0 Å². The lowest BCUT2D eigenvalue weighted by Gasteiger charge is -2.25. The van der Waals surface area contributed by atoms with E-state index in [0.29, 0.717) is 13.1 Å². The molecule has 0 saturated carbocycles. The second-order valence-corrected chi connectivity index (χ2v) is 6.11. The molecule has 0 unspecified atom stereocenters.